The van der Waals surface area contributed by atoms with Gasteiger partial charge in [-0.15, -0.1) is 0 Å². The minimum Gasteiger partial charge on any atom is -0.322 e. The lowest BCUT2D eigenvalue weighted by Crippen LogP contribution is -2.12. The summed E-state index contributed by atoms with van der Waals surface area (Å²) in [6.45, 7) is 0. The van der Waals surface area contributed by atoms with Crippen molar-refractivity contribution in [2.45, 2.75) is 9.79 Å². The summed E-state index contributed by atoms with van der Waals surface area (Å²) in [4.78, 5) is 24.3. The third kappa shape index (κ3) is 4.07. The fraction of sp³-hybridized carbons (Fsp3) is 0. The summed E-state index contributed by atoms with van der Waals surface area (Å²) >= 11 is 1.15. The van der Waals surface area contributed by atoms with Crippen molar-refractivity contribution in [1.29, 1.82) is 0 Å². The molecule has 0 bridgehead atoms. The van der Waals surface area contributed by atoms with Gasteiger partial charge in [0.25, 0.3) is 11.6 Å². The third-order valence-electron chi connectivity index (χ3n) is 3.52. The minimum absolute atomic E-state index is 0.0220. The second-order valence-corrected chi connectivity index (χ2v) is 6.37. The Kier molecular flexibility index (Phi) is 5.28. The van der Waals surface area contributed by atoms with Gasteiger partial charge in [-0.2, -0.15) is 0 Å². The molecule has 0 aliphatic heterocycles. The van der Waals surface area contributed by atoms with Gasteiger partial charge in [-0.05, 0) is 42.5 Å². The summed E-state index contributed by atoms with van der Waals surface area (Å²) in [5.41, 5.74) is 0.813. The molecule has 26 heavy (non-hydrogen) atoms. The average Bonchev–Trinajstić information content (AvgIpc) is 2.64. The molecular formula is C19H13FN2O3S. The number of anilines is 1. The van der Waals surface area contributed by atoms with Crippen molar-refractivity contribution in [2.24, 2.45) is 0 Å². The lowest BCUT2D eigenvalue weighted by Gasteiger charge is -2.10. The second-order valence-electron chi connectivity index (χ2n) is 5.28. The number of nitro benzene ring substituents is 1. The number of nitro groups is 1. The number of hydrogen-bond donors (Lipinski definition) is 1. The SMILES string of the molecule is O=C(Nc1ccc(F)cc1)c1ccccc1Sc1ccccc1[N+](=O)[O-]. The van der Waals surface area contributed by atoms with E-state index in [1.807, 2.05) is 0 Å². The van der Waals surface area contributed by atoms with Crippen LogP contribution >= 0.6 is 11.8 Å². The van der Waals surface area contributed by atoms with Gasteiger partial charge in [-0.1, -0.05) is 36.0 Å². The largest absolute Gasteiger partial charge is 0.322 e. The molecule has 0 atom stereocenters. The van der Waals surface area contributed by atoms with Crippen LogP contribution in [0, 0.1) is 15.9 Å². The normalized spacial score (nSPS) is 10.3. The van der Waals surface area contributed by atoms with Gasteiger partial charge in [0.1, 0.15) is 5.82 Å². The van der Waals surface area contributed by atoms with Crippen molar-refractivity contribution in [3.8, 4) is 0 Å². The Balaban J connectivity index is 1.88. The molecule has 0 saturated heterocycles. The molecule has 0 aromatic heterocycles. The molecular weight excluding hydrogens is 355 g/mol. The van der Waals surface area contributed by atoms with E-state index < -0.39 is 10.7 Å². The number of nitrogens with one attached hydrogen (secondary N) is 1. The zero-order valence-corrected chi connectivity index (χ0v) is 14.2. The van der Waals surface area contributed by atoms with Crippen molar-refractivity contribution >= 4 is 29.0 Å². The molecule has 0 spiro atoms. The van der Waals surface area contributed by atoms with Gasteiger partial charge in [0.2, 0.25) is 0 Å². The minimum atomic E-state index is -0.455. The van der Waals surface area contributed by atoms with E-state index in [4.69, 9.17) is 0 Å². The zero-order chi connectivity index (χ0) is 18.5. The van der Waals surface area contributed by atoms with Crippen molar-refractivity contribution in [3.05, 3.63) is 94.3 Å². The van der Waals surface area contributed by atoms with Crippen LogP contribution in [0.1, 0.15) is 10.4 Å². The first-order valence-corrected chi connectivity index (χ1v) is 8.43. The summed E-state index contributed by atoms with van der Waals surface area (Å²) in [5, 5.41) is 13.9. The fourth-order valence-electron chi connectivity index (χ4n) is 2.29. The topological polar surface area (TPSA) is 72.2 Å². The van der Waals surface area contributed by atoms with Gasteiger partial charge >= 0.3 is 0 Å². The molecule has 1 N–H and O–H groups in total. The van der Waals surface area contributed by atoms with Crippen LogP contribution in [0.15, 0.2) is 82.6 Å². The maximum atomic E-state index is 13.0. The van der Waals surface area contributed by atoms with E-state index >= 15 is 0 Å². The van der Waals surface area contributed by atoms with E-state index in [-0.39, 0.29) is 11.6 Å². The predicted molar refractivity (Wildman–Crippen MR) is 98.0 cm³/mol. The number of amides is 1. The molecule has 5 nitrogen and oxygen atoms in total. The summed E-state index contributed by atoms with van der Waals surface area (Å²) in [6, 6.07) is 18.6. The molecule has 0 unspecified atom stereocenters. The van der Waals surface area contributed by atoms with Crippen LogP contribution in [0.5, 0.6) is 0 Å². The van der Waals surface area contributed by atoms with Crippen molar-refractivity contribution < 1.29 is 14.1 Å². The number of hydrogen-bond acceptors (Lipinski definition) is 4. The molecule has 0 aliphatic rings. The monoisotopic (exact) mass is 368 g/mol. The van der Waals surface area contributed by atoms with Crippen LogP contribution in [0.4, 0.5) is 15.8 Å². The maximum absolute atomic E-state index is 13.0. The Bertz CT molecular complexity index is 961. The highest BCUT2D eigenvalue weighted by atomic mass is 32.2. The van der Waals surface area contributed by atoms with Crippen LogP contribution in [-0.4, -0.2) is 10.8 Å². The van der Waals surface area contributed by atoms with E-state index in [9.17, 15) is 19.3 Å². The highest BCUT2D eigenvalue weighted by molar-refractivity contribution is 7.99. The average molecular weight is 368 g/mol. The van der Waals surface area contributed by atoms with Gasteiger partial charge in [-0.3, -0.25) is 14.9 Å². The Morgan fingerprint density at radius 1 is 0.923 bits per heavy atom. The van der Waals surface area contributed by atoms with E-state index in [0.717, 1.165) is 11.8 Å². The van der Waals surface area contributed by atoms with Gasteiger partial charge in [0, 0.05) is 16.6 Å². The Hall–Kier alpha value is -3.19. The molecule has 0 radical (unpaired) electrons. The van der Waals surface area contributed by atoms with E-state index in [2.05, 4.69) is 5.32 Å². The van der Waals surface area contributed by atoms with Crippen LogP contribution in [-0.2, 0) is 0 Å². The number of rotatable bonds is 5. The van der Waals surface area contributed by atoms with Crippen LogP contribution in [0.2, 0.25) is 0 Å². The summed E-state index contributed by atoms with van der Waals surface area (Å²) in [5.74, 6) is -0.770. The molecule has 0 fully saturated rings. The first-order valence-electron chi connectivity index (χ1n) is 7.62. The smallest absolute Gasteiger partial charge is 0.283 e. The van der Waals surface area contributed by atoms with Gasteiger partial charge in [0.15, 0.2) is 0 Å². The molecule has 3 aromatic rings. The Morgan fingerprint density at radius 3 is 2.23 bits per heavy atom. The Labute approximate surface area is 153 Å². The number of benzene rings is 3. The molecule has 0 heterocycles. The number of nitrogens with zero attached hydrogens (tertiary/aromatic N) is 1. The number of para-hydroxylation sites is 1. The second kappa shape index (κ2) is 7.79. The lowest BCUT2D eigenvalue weighted by atomic mass is 10.2. The van der Waals surface area contributed by atoms with Crippen molar-refractivity contribution in [1.82, 2.24) is 0 Å². The van der Waals surface area contributed by atoms with Gasteiger partial charge < -0.3 is 5.32 Å². The molecule has 3 rings (SSSR count). The molecule has 3 aromatic carbocycles. The van der Waals surface area contributed by atoms with Gasteiger partial charge in [0.05, 0.1) is 15.4 Å². The van der Waals surface area contributed by atoms with E-state index in [1.165, 1.54) is 30.3 Å². The summed E-state index contributed by atoms with van der Waals surface area (Å²) in [7, 11) is 0. The molecule has 0 aliphatic carbocycles. The summed E-state index contributed by atoms with van der Waals surface area (Å²) < 4.78 is 13.0. The quantitative estimate of drug-likeness (QED) is 0.500. The zero-order valence-electron chi connectivity index (χ0n) is 13.4. The van der Waals surface area contributed by atoms with Gasteiger partial charge in [-0.25, -0.2) is 4.39 Å². The third-order valence-corrected chi connectivity index (χ3v) is 4.66. The summed E-state index contributed by atoms with van der Waals surface area (Å²) in [6.07, 6.45) is 0. The molecule has 130 valence electrons. The van der Waals surface area contributed by atoms with E-state index in [1.54, 1.807) is 42.5 Å². The van der Waals surface area contributed by atoms with Crippen LogP contribution in [0.25, 0.3) is 0 Å². The fourth-order valence-corrected chi connectivity index (χ4v) is 3.34. The first-order chi connectivity index (χ1) is 12.5. The van der Waals surface area contributed by atoms with Crippen LogP contribution in [0.3, 0.4) is 0 Å². The molecule has 1 amide bonds. The first kappa shape index (κ1) is 17.6. The number of carbonyl (C=O) groups excluding carboxylic acids is 1. The maximum Gasteiger partial charge on any atom is 0.283 e. The lowest BCUT2D eigenvalue weighted by molar-refractivity contribution is -0.387. The molecule has 7 heteroatoms. The molecule has 0 saturated carbocycles. The predicted octanol–water partition coefficient (Wildman–Crippen LogP) is 5.14. The number of halogens is 1. The Morgan fingerprint density at radius 2 is 1.54 bits per heavy atom. The highest BCUT2D eigenvalue weighted by Crippen LogP contribution is 2.36. The number of carbonyl (C=O) groups is 1. The van der Waals surface area contributed by atoms with Crippen molar-refractivity contribution in [3.63, 3.8) is 0 Å². The van der Waals surface area contributed by atoms with Crippen molar-refractivity contribution in [2.75, 3.05) is 5.32 Å². The van der Waals surface area contributed by atoms with Crippen LogP contribution < -0.4 is 5.32 Å². The standard InChI is InChI=1S/C19H13FN2O3S/c20-13-9-11-14(12-10-13)21-19(23)15-5-1-3-7-17(15)26-18-8-4-2-6-16(18)22(24)25/h1-12H,(H,21,23). The highest BCUT2D eigenvalue weighted by Gasteiger charge is 2.17. The van der Waals surface area contributed by atoms with E-state index in [0.29, 0.717) is 21.0 Å².